The number of nitrogens with zero attached hydrogens (tertiary/aromatic N) is 4. The van der Waals surface area contributed by atoms with Crippen molar-refractivity contribution in [1.82, 2.24) is 9.13 Å². The number of benzene rings is 6. The third-order valence-corrected chi connectivity index (χ3v) is 8.17. The largest absolute Gasteiger partial charge is 0.309 e. The summed E-state index contributed by atoms with van der Waals surface area (Å²) in [7, 11) is 0. The van der Waals surface area contributed by atoms with Crippen LogP contribution in [0.3, 0.4) is 0 Å². The molecule has 42 heavy (non-hydrogen) atoms. The molecule has 0 unspecified atom stereocenters. The van der Waals surface area contributed by atoms with Gasteiger partial charge in [-0.2, -0.15) is 5.26 Å². The molecule has 0 amide bonds. The van der Waals surface area contributed by atoms with Crippen LogP contribution in [0.15, 0.2) is 133 Å². The predicted octanol–water partition coefficient (Wildman–Crippen LogP) is 9.97. The molecule has 4 heteroatoms. The summed E-state index contributed by atoms with van der Waals surface area (Å²) in [5.74, 6) is 0. The van der Waals surface area contributed by atoms with Gasteiger partial charge in [-0.15, -0.1) is 0 Å². The summed E-state index contributed by atoms with van der Waals surface area (Å²) in [4.78, 5) is 3.67. The fraction of sp³-hybridized carbons (Fsp3) is 0. The molecule has 0 N–H and O–H groups in total. The van der Waals surface area contributed by atoms with Crippen LogP contribution < -0.4 is 0 Å². The summed E-state index contributed by atoms with van der Waals surface area (Å²) < 4.78 is 4.57. The van der Waals surface area contributed by atoms with Crippen LogP contribution in [0.25, 0.3) is 71.0 Å². The normalized spacial score (nSPS) is 11.3. The van der Waals surface area contributed by atoms with Gasteiger partial charge in [0.25, 0.3) is 0 Å². The van der Waals surface area contributed by atoms with Gasteiger partial charge in [-0.05, 0) is 71.6 Å². The Morgan fingerprint density at radius 3 is 1.88 bits per heavy atom. The first kappa shape index (κ1) is 23.8. The lowest BCUT2D eigenvalue weighted by atomic mass is 10.0. The van der Waals surface area contributed by atoms with E-state index in [0.29, 0.717) is 11.3 Å². The van der Waals surface area contributed by atoms with Crippen molar-refractivity contribution in [3.8, 4) is 28.6 Å². The minimum absolute atomic E-state index is 0.642. The number of para-hydroxylation sites is 3. The second-order valence-corrected chi connectivity index (χ2v) is 10.4. The van der Waals surface area contributed by atoms with Crippen LogP contribution in [0, 0.1) is 17.9 Å². The molecule has 0 spiro atoms. The lowest BCUT2D eigenvalue weighted by molar-refractivity contribution is 1.17. The van der Waals surface area contributed by atoms with Crippen molar-refractivity contribution in [3.05, 3.63) is 150 Å². The van der Waals surface area contributed by atoms with Gasteiger partial charge in [-0.3, -0.25) is 0 Å². The average molecular weight is 535 g/mol. The minimum atomic E-state index is 0.642. The molecule has 0 saturated carbocycles. The summed E-state index contributed by atoms with van der Waals surface area (Å²) in [6.45, 7) is 7.52. The molecule has 194 valence electrons. The summed E-state index contributed by atoms with van der Waals surface area (Å²) in [5.41, 5.74) is 10.1. The Labute approximate surface area is 242 Å². The molecule has 0 aliphatic rings. The van der Waals surface area contributed by atoms with Gasteiger partial charge in [-0.1, -0.05) is 72.8 Å². The first-order valence-corrected chi connectivity index (χ1v) is 13.8. The maximum absolute atomic E-state index is 9.49. The first-order chi connectivity index (χ1) is 20.7. The highest BCUT2D eigenvalue weighted by Gasteiger charge is 2.17. The van der Waals surface area contributed by atoms with Gasteiger partial charge in [-0.25, -0.2) is 4.85 Å². The average Bonchev–Trinajstić information content (AvgIpc) is 3.57. The zero-order valence-corrected chi connectivity index (χ0v) is 22.5. The Morgan fingerprint density at radius 1 is 0.548 bits per heavy atom. The van der Waals surface area contributed by atoms with Crippen LogP contribution in [0.1, 0.15) is 5.56 Å². The van der Waals surface area contributed by atoms with Gasteiger partial charge in [0, 0.05) is 27.4 Å². The monoisotopic (exact) mass is 534 g/mol. The van der Waals surface area contributed by atoms with Crippen LogP contribution in [0.4, 0.5) is 5.69 Å². The topological polar surface area (TPSA) is 38.0 Å². The maximum Gasteiger partial charge on any atom is 0.188 e. The van der Waals surface area contributed by atoms with Crippen LogP contribution in [0.5, 0.6) is 0 Å². The van der Waals surface area contributed by atoms with Crippen LogP contribution >= 0.6 is 0 Å². The van der Waals surface area contributed by atoms with E-state index in [4.69, 9.17) is 6.57 Å². The van der Waals surface area contributed by atoms with Gasteiger partial charge in [0.15, 0.2) is 5.69 Å². The number of nitriles is 1. The van der Waals surface area contributed by atoms with Crippen LogP contribution in [-0.2, 0) is 0 Å². The van der Waals surface area contributed by atoms with E-state index in [-0.39, 0.29) is 0 Å². The van der Waals surface area contributed by atoms with E-state index >= 15 is 0 Å². The van der Waals surface area contributed by atoms with Crippen LogP contribution in [0.2, 0.25) is 0 Å². The molecule has 8 aromatic rings. The van der Waals surface area contributed by atoms with Crippen molar-refractivity contribution in [2.24, 2.45) is 0 Å². The molecule has 0 atom stereocenters. The second-order valence-electron chi connectivity index (χ2n) is 10.4. The fourth-order valence-electron chi connectivity index (χ4n) is 6.31. The molecule has 0 bridgehead atoms. The molecule has 8 rings (SSSR count). The molecule has 0 radical (unpaired) electrons. The molecule has 0 aliphatic heterocycles. The standard InChI is InChI=1S/C38H22N4/c1-40-27-17-21-38-33(23-27)31-10-4-7-13-36(31)42(38)34-11-5-2-8-29(34)26-15-18-28(19-16-26)41-35-12-6-3-9-30(35)32-22-25(24-39)14-20-37(32)41/h2-23H. The van der Waals surface area contributed by atoms with E-state index in [1.54, 1.807) is 0 Å². The van der Waals surface area contributed by atoms with E-state index in [2.05, 4.69) is 117 Å². The number of aromatic nitrogens is 2. The van der Waals surface area contributed by atoms with Gasteiger partial charge < -0.3 is 9.13 Å². The number of rotatable bonds is 3. The Bertz CT molecular complexity index is 2430. The van der Waals surface area contributed by atoms with Gasteiger partial charge in [0.2, 0.25) is 0 Å². The molecular weight excluding hydrogens is 512 g/mol. The van der Waals surface area contributed by atoms with Gasteiger partial charge in [0.05, 0.1) is 46.0 Å². The molecule has 6 aromatic carbocycles. The van der Waals surface area contributed by atoms with E-state index in [1.807, 2.05) is 36.4 Å². The highest BCUT2D eigenvalue weighted by molar-refractivity contribution is 6.11. The number of fused-ring (bicyclic) bond motifs is 6. The highest BCUT2D eigenvalue weighted by atomic mass is 15.0. The Hall–Kier alpha value is -6.10. The lowest BCUT2D eigenvalue weighted by Gasteiger charge is -2.15. The molecular formula is C38H22N4. The third-order valence-electron chi connectivity index (χ3n) is 8.17. The molecule has 2 aromatic heterocycles. The Balaban J connectivity index is 1.31. The van der Waals surface area contributed by atoms with Gasteiger partial charge >= 0.3 is 0 Å². The van der Waals surface area contributed by atoms with Crippen molar-refractivity contribution in [3.63, 3.8) is 0 Å². The Kier molecular flexibility index (Phi) is 5.22. The number of hydrogen-bond acceptors (Lipinski definition) is 1. The van der Waals surface area contributed by atoms with Crippen molar-refractivity contribution in [1.29, 1.82) is 5.26 Å². The van der Waals surface area contributed by atoms with E-state index in [1.165, 1.54) is 0 Å². The summed E-state index contributed by atoms with van der Waals surface area (Å²) in [5, 5.41) is 13.9. The van der Waals surface area contributed by atoms with Crippen molar-refractivity contribution in [2.45, 2.75) is 0 Å². The molecule has 2 heterocycles. The lowest BCUT2D eigenvalue weighted by Crippen LogP contribution is -1.97. The fourth-order valence-corrected chi connectivity index (χ4v) is 6.31. The van der Waals surface area contributed by atoms with E-state index in [0.717, 1.165) is 66.1 Å². The SMILES string of the molecule is [C-]#[N+]c1ccc2c(c1)c1ccccc1n2-c1ccccc1-c1ccc(-n2c3ccccc3c3cc(C#N)ccc32)cc1. The van der Waals surface area contributed by atoms with E-state index < -0.39 is 0 Å². The van der Waals surface area contributed by atoms with Crippen molar-refractivity contribution < 1.29 is 0 Å². The van der Waals surface area contributed by atoms with Crippen molar-refractivity contribution >= 4 is 49.3 Å². The Morgan fingerprint density at radius 2 is 1.14 bits per heavy atom. The third kappa shape index (κ3) is 3.47. The van der Waals surface area contributed by atoms with Crippen molar-refractivity contribution in [2.75, 3.05) is 0 Å². The zero-order chi connectivity index (χ0) is 28.2. The summed E-state index contributed by atoms with van der Waals surface area (Å²) in [6, 6.07) is 48.1. The zero-order valence-electron chi connectivity index (χ0n) is 22.5. The maximum atomic E-state index is 9.49. The quantitative estimate of drug-likeness (QED) is 0.208. The number of hydrogen-bond donors (Lipinski definition) is 0. The highest BCUT2D eigenvalue weighted by Crippen LogP contribution is 2.38. The van der Waals surface area contributed by atoms with E-state index in [9.17, 15) is 5.26 Å². The predicted molar refractivity (Wildman–Crippen MR) is 172 cm³/mol. The first-order valence-electron chi connectivity index (χ1n) is 13.8. The molecule has 0 fully saturated rings. The smallest absolute Gasteiger partial charge is 0.188 e. The minimum Gasteiger partial charge on any atom is -0.309 e. The molecule has 0 saturated heterocycles. The summed E-state index contributed by atoms with van der Waals surface area (Å²) in [6.07, 6.45) is 0. The molecule has 0 aliphatic carbocycles. The molecule has 4 nitrogen and oxygen atoms in total. The van der Waals surface area contributed by atoms with Gasteiger partial charge in [0.1, 0.15) is 0 Å². The second kappa shape index (κ2) is 9.24. The van der Waals surface area contributed by atoms with Crippen LogP contribution in [-0.4, -0.2) is 9.13 Å². The summed E-state index contributed by atoms with van der Waals surface area (Å²) >= 11 is 0.